The normalized spacial score (nSPS) is 14.7. The zero-order valence-electron chi connectivity index (χ0n) is 10.2. The van der Waals surface area contributed by atoms with Gasteiger partial charge in [-0.05, 0) is 31.2 Å². The fourth-order valence-electron chi connectivity index (χ4n) is 2.36. The Bertz CT molecular complexity index is 562. The summed E-state index contributed by atoms with van der Waals surface area (Å²) in [6, 6.07) is 0. The topological polar surface area (TPSA) is 74.2 Å². The Labute approximate surface area is 109 Å². The molecule has 0 radical (unpaired) electrons. The highest BCUT2D eigenvalue weighted by atomic mass is 32.1. The van der Waals surface area contributed by atoms with E-state index in [0.717, 1.165) is 23.4 Å². The summed E-state index contributed by atoms with van der Waals surface area (Å²) < 4.78 is 10.3. The Hall–Kier alpha value is -1.40. The summed E-state index contributed by atoms with van der Waals surface area (Å²) in [7, 11) is 1.61. The third kappa shape index (κ3) is 1.91. The Kier molecular flexibility index (Phi) is 3.05. The highest BCUT2D eigenvalue weighted by Crippen LogP contribution is 2.41. The van der Waals surface area contributed by atoms with E-state index < -0.39 is 0 Å². The maximum atomic E-state index is 6.10. The molecule has 0 aliphatic heterocycles. The third-order valence-corrected chi connectivity index (χ3v) is 4.27. The molecule has 0 spiro atoms. The number of rotatable bonds is 3. The number of ether oxygens (including phenoxy) is 1. The van der Waals surface area contributed by atoms with Gasteiger partial charge < -0.3 is 15.0 Å². The van der Waals surface area contributed by atoms with Gasteiger partial charge in [-0.2, -0.15) is 4.98 Å². The van der Waals surface area contributed by atoms with Gasteiger partial charge >= 0.3 is 0 Å². The van der Waals surface area contributed by atoms with E-state index in [9.17, 15) is 0 Å². The molecule has 2 heterocycles. The first-order chi connectivity index (χ1) is 8.79. The molecule has 0 fully saturated rings. The zero-order valence-corrected chi connectivity index (χ0v) is 11.0. The molecule has 3 rings (SSSR count). The molecule has 6 heteroatoms. The molecular formula is C12H15N3O2S. The average molecular weight is 265 g/mol. The van der Waals surface area contributed by atoms with Crippen LogP contribution >= 0.6 is 11.3 Å². The number of hydrogen-bond acceptors (Lipinski definition) is 6. The van der Waals surface area contributed by atoms with Crippen LogP contribution in [0.3, 0.4) is 0 Å². The molecule has 0 unspecified atom stereocenters. The summed E-state index contributed by atoms with van der Waals surface area (Å²) >= 11 is 1.65. The van der Waals surface area contributed by atoms with Crippen molar-refractivity contribution in [3.63, 3.8) is 0 Å². The van der Waals surface area contributed by atoms with E-state index in [2.05, 4.69) is 10.1 Å². The molecule has 2 N–H and O–H groups in total. The summed E-state index contributed by atoms with van der Waals surface area (Å²) in [4.78, 5) is 5.71. The van der Waals surface area contributed by atoms with Crippen molar-refractivity contribution in [1.82, 2.24) is 10.1 Å². The van der Waals surface area contributed by atoms with Crippen LogP contribution in [-0.4, -0.2) is 17.3 Å². The summed E-state index contributed by atoms with van der Waals surface area (Å²) in [5, 5.41) is 4.68. The number of hydrogen-bond donors (Lipinski definition) is 1. The SMILES string of the molecule is COCc1noc(-c2c(N)sc3c2CCCC3)n1. The number of aryl methyl sites for hydroxylation is 1. The van der Waals surface area contributed by atoms with Gasteiger partial charge in [0.2, 0.25) is 0 Å². The maximum Gasteiger partial charge on any atom is 0.261 e. The van der Waals surface area contributed by atoms with Crippen molar-refractivity contribution < 1.29 is 9.26 Å². The molecule has 0 aromatic carbocycles. The molecule has 2 aromatic heterocycles. The van der Waals surface area contributed by atoms with Crippen molar-refractivity contribution in [3.8, 4) is 11.5 Å². The van der Waals surface area contributed by atoms with Gasteiger partial charge in [0.25, 0.3) is 5.89 Å². The summed E-state index contributed by atoms with van der Waals surface area (Å²) in [5.41, 5.74) is 8.35. The van der Waals surface area contributed by atoms with Crippen LogP contribution in [0.1, 0.15) is 29.1 Å². The van der Waals surface area contributed by atoms with Crippen LogP contribution in [0.2, 0.25) is 0 Å². The van der Waals surface area contributed by atoms with Crippen LogP contribution < -0.4 is 5.73 Å². The first-order valence-electron chi connectivity index (χ1n) is 6.01. The lowest BCUT2D eigenvalue weighted by molar-refractivity contribution is 0.174. The number of thiophene rings is 1. The molecule has 0 saturated heterocycles. The Morgan fingerprint density at radius 3 is 3.06 bits per heavy atom. The summed E-state index contributed by atoms with van der Waals surface area (Å²) in [6.45, 7) is 0.357. The van der Waals surface area contributed by atoms with Gasteiger partial charge in [-0.15, -0.1) is 11.3 Å². The molecule has 0 amide bonds. The van der Waals surface area contributed by atoms with Crippen LogP contribution in [0, 0.1) is 0 Å². The molecular weight excluding hydrogens is 250 g/mol. The van der Waals surface area contributed by atoms with Gasteiger partial charge in [0.1, 0.15) is 6.61 Å². The average Bonchev–Trinajstić information content (AvgIpc) is 2.92. The van der Waals surface area contributed by atoms with E-state index in [-0.39, 0.29) is 0 Å². The summed E-state index contributed by atoms with van der Waals surface area (Å²) in [6.07, 6.45) is 4.62. The number of anilines is 1. The predicted octanol–water partition coefficient (Wildman–Crippen LogP) is 2.41. The van der Waals surface area contributed by atoms with Crippen LogP contribution in [0.4, 0.5) is 5.00 Å². The number of nitrogens with zero attached hydrogens (tertiary/aromatic N) is 2. The van der Waals surface area contributed by atoms with Gasteiger partial charge in [-0.3, -0.25) is 0 Å². The standard InChI is InChI=1S/C12H15N3O2S/c1-16-6-9-14-12(17-15-9)10-7-4-2-3-5-8(7)18-11(10)13/h2-6,13H2,1H3. The van der Waals surface area contributed by atoms with Crippen molar-refractivity contribution in [3.05, 3.63) is 16.3 Å². The number of nitrogen functional groups attached to an aromatic ring is 1. The van der Waals surface area contributed by atoms with Crippen molar-refractivity contribution in [2.75, 3.05) is 12.8 Å². The van der Waals surface area contributed by atoms with E-state index in [0.29, 0.717) is 18.3 Å². The molecule has 5 nitrogen and oxygen atoms in total. The molecule has 0 saturated carbocycles. The first-order valence-corrected chi connectivity index (χ1v) is 6.83. The van der Waals surface area contributed by atoms with Crippen molar-refractivity contribution >= 4 is 16.3 Å². The minimum absolute atomic E-state index is 0.357. The van der Waals surface area contributed by atoms with Crippen molar-refractivity contribution in [1.29, 1.82) is 0 Å². The van der Waals surface area contributed by atoms with Gasteiger partial charge in [-0.25, -0.2) is 0 Å². The molecule has 96 valence electrons. The second-order valence-corrected chi connectivity index (χ2v) is 5.54. The van der Waals surface area contributed by atoms with E-state index in [1.807, 2.05) is 0 Å². The fraction of sp³-hybridized carbons (Fsp3) is 0.500. The zero-order chi connectivity index (χ0) is 12.5. The Balaban J connectivity index is 2.02. The monoisotopic (exact) mass is 265 g/mol. The van der Waals surface area contributed by atoms with Crippen LogP contribution in [0.5, 0.6) is 0 Å². The summed E-state index contributed by atoms with van der Waals surface area (Å²) in [5.74, 6) is 1.08. The lowest BCUT2D eigenvalue weighted by atomic mass is 9.95. The fourth-order valence-corrected chi connectivity index (χ4v) is 3.52. The lowest BCUT2D eigenvalue weighted by Gasteiger charge is -2.10. The molecule has 1 aliphatic carbocycles. The van der Waals surface area contributed by atoms with Gasteiger partial charge in [0.15, 0.2) is 5.82 Å². The second-order valence-electron chi connectivity index (χ2n) is 4.40. The van der Waals surface area contributed by atoms with Crippen molar-refractivity contribution in [2.24, 2.45) is 0 Å². The number of methoxy groups -OCH3 is 1. The third-order valence-electron chi connectivity index (χ3n) is 3.15. The molecule has 0 bridgehead atoms. The molecule has 18 heavy (non-hydrogen) atoms. The van der Waals surface area contributed by atoms with Crippen LogP contribution in [-0.2, 0) is 24.2 Å². The van der Waals surface area contributed by atoms with Gasteiger partial charge in [-0.1, -0.05) is 5.16 Å². The van der Waals surface area contributed by atoms with Gasteiger partial charge in [0.05, 0.1) is 10.6 Å². The van der Waals surface area contributed by atoms with E-state index >= 15 is 0 Å². The highest BCUT2D eigenvalue weighted by molar-refractivity contribution is 7.16. The van der Waals surface area contributed by atoms with E-state index in [1.165, 1.54) is 23.3 Å². The van der Waals surface area contributed by atoms with E-state index in [1.54, 1.807) is 18.4 Å². The first kappa shape index (κ1) is 11.7. The Morgan fingerprint density at radius 2 is 2.22 bits per heavy atom. The van der Waals surface area contributed by atoms with Gasteiger partial charge in [0, 0.05) is 12.0 Å². The predicted molar refractivity (Wildman–Crippen MR) is 69.4 cm³/mol. The van der Waals surface area contributed by atoms with E-state index in [4.69, 9.17) is 15.0 Å². The van der Waals surface area contributed by atoms with Crippen molar-refractivity contribution in [2.45, 2.75) is 32.3 Å². The number of nitrogens with two attached hydrogens (primary N) is 1. The lowest BCUT2D eigenvalue weighted by Crippen LogP contribution is -2.00. The largest absolute Gasteiger partial charge is 0.390 e. The molecule has 2 aromatic rings. The Morgan fingerprint density at radius 1 is 1.39 bits per heavy atom. The molecule has 0 atom stereocenters. The highest BCUT2D eigenvalue weighted by Gasteiger charge is 2.24. The number of fused-ring (bicyclic) bond motifs is 1. The van der Waals surface area contributed by atoms with Crippen LogP contribution in [0.15, 0.2) is 4.52 Å². The number of aromatic nitrogens is 2. The van der Waals surface area contributed by atoms with Crippen LogP contribution in [0.25, 0.3) is 11.5 Å². The maximum absolute atomic E-state index is 6.10. The minimum atomic E-state index is 0.357. The minimum Gasteiger partial charge on any atom is -0.390 e. The smallest absolute Gasteiger partial charge is 0.261 e. The second kappa shape index (κ2) is 4.70. The quantitative estimate of drug-likeness (QED) is 0.922. The molecule has 1 aliphatic rings.